The van der Waals surface area contributed by atoms with Crippen molar-refractivity contribution in [3.05, 3.63) is 45.4 Å². The predicted molar refractivity (Wildman–Crippen MR) is 80.5 cm³/mol. The Morgan fingerprint density at radius 1 is 1.05 bits per heavy atom. The second-order valence-electron chi connectivity index (χ2n) is 4.02. The molecule has 0 saturated carbocycles. The van der Waals surface area contributed by atoms with E-state index in [-0.39, 0.29) is 0 Å². The third kappa shape index (κ3) is 2.52. The summed E-state index contributed by atoms with van der Waals surface area (Å²) in [5, 5.41) is 4.67. The molecule has 0 saturated heterocycles. The average Bonchev–Trinajstić information content (AvgIpc) is 2.86. The molecule has 0 spiro atoms. The van der Waals surface area contributed by atoms with Gasteiger partial charge in [-0.15, -0.1) is 0 Å². The van der Waals surface area contributed by atoms with Gasteiger partial charge < -0.3 is 10.3 Å². The summed E-state index contributed by atoms with van der Waals surface area (Å²) in [5.74, 6) is 0.634. The number of aromatic amines is 1. The van der Waals surface area contributed by atoms with Crippen molar-refractivity contribution >= 4 is 51.8 Å². The summed E-state index contributed by atoms with van der Waals surface area (Å²) >= 11 is 18.2. The molecule has 0 radical (unpaired) electrons. The Kier molecular flexibility index (Phi) is 3.65. The van der Waals surface area contributed by atoms with Gasteiger partial charge in [0.15, 0.2) is 11.5 Å². The van der Waals surface area contributed by atoms with Gasteiger partial charge in [0.2, 0.25) is 0 Å². The average molecular weight is 329 g/mol. The van der Waals surface area contributed by atoms with Crippen LogP contribution in [0.5, 0.6) is 0 Å². The van der Waals surface area contributed by atoms with Crippen molar-refractivity contribution in [2.45, 2.75) is 6.54 Å². The fourth-order valence-electron chi connectivity index (χ4n) is 1.81. The number of halogens is 3. The van der Waals surface area contributed by atoms with Crippen molar-refractivity contribution in [2.75, 3.05) is 5.32 Å². The van der Waals surface area contributed by atoms with E-state index in [1.165, 1.54) is 6.33 Å². The molecule has 0 bridgehead atoms. The molecule has 0 aliphatic heterocycles. The number of hydrogen-bond donors (Lipinski definition) is 2. The van der Waals surface area contributed by atoms with Crippen LogP contribution in [0.4, 0.5) is 5.82 Å². The molecule has 1 aromatic carbocycles. The Morgan fingerprint density at radius 3 is 2.55 bits per heavy atom. The van der Waals surface area contributed by atoms with Crippen LogP contribution in [0.1, 0.15) is 5.56 Å². The second kappa shape index (κ2) is 5.44. The summed E-state index contributed by atoms with van der Waals surface area (Å²) in [4.78, 5) is 15.2. The van der Waals surface area contributed by atoms with E-state index in [2.05, 4.69) is 25.3 Å². The Balaban J connectivity index is 1.89. The summed E-state index contributed by atoms with van der Waals surface area (Å²) < 4.78 is 0. The van der Waals surface area contributed by atoms with E-state index in [0.717, 1.165) is 11.1 Å². The van der Waals surface area contributed by atoms with Crippen LogP contribution in [0.25, 0.3) is 11.2 Å². The van der Waals surface area contributed by atoms with Gasteiger partial charge in [0, 0.05) is 27.2 Å². The maximum Gasteiger partial charge on any atom is 0.182 e. The van der Waals surface area contributed by atoms with Crippen LogP contribution >= 0.6 is 34.8 Å². The molecule has 8 heteroatoms. The normalized spacial score (nSPS) is 10.9. The summed E-state index contributed by atoms with van der Waals surface area (Å²) in [6.45, 7) is 0.417. The van der Waals surface area contributed by atoms with Crippen molar-refractivity contribution in [2.24, 2.45) is 0 Å². The van der Waals surface area contributed by atoms with Gasteiger partial charge in [0.25, 0.3) is 0 Å². The number of benzene rings is 1. The van der Waals surface area contributed by atoms with E-state index < -0.39 is 0 Å². The Morgan fingerprint density at radius 2 is 1.80 bits per heavy atom. The van der Waals surface area contributed by atoms with E-state index >= 15 is 0 Å². The molecule has 20 heavy (non-hydrogen) atoms. The topological polar surface area (TPSA) is 66.5 Å². The quantitative estimate of drug-likeness (QED) is 0.764. The van der Waals surface area contributed by atoms with E-state index in [4.69, 9.17) is 34.8 Å². The number of H-pyrrole nitrogens is 1. The van der Waals surface area contributed by atoms with Gasteiger partial charge in [-0.1, -0.05) is 34.8 Å². The summed E-state index contributed by atoms with van der Waals surface area (Å²) in [6, 6.07) is 3.30. The largest absolute Gasteiger partial charge is 0.364 e. The third-order valence-electron chi connectivity index (χ3n) is 2.76. The highest BCUT2D eigenvalue weighted by atomic mass is 35.5. The Bertz CT molecular complexity index is 748. The summed E-state index contributed by atoms with van der Waals surface area (Å²) in [7, 11) is 0. The first-order valence-electron chi connectivity index (χ1n) is 5.66. The number of nitrogens with one attached hydrogen (secondary N) is 2. The van der Waals surface area contributed by atoms with Crippen molar-refractivity contribution in [3.63, 3.8) is 0 Å². The van der Waals surface area contributed by atoms with Crippen molar-refractivity contribution in [1.82, 2.24) is 19.9 Å². The maximum absolute atomic E-state index is 6.14. The summed E-state index contributed by atoms with van der Waals surface area (Å²) in [5.41, 5.74) is 2.08. The number of fused-ring (bicyclic) bond motifs is 1. The molecular formula is C12H8Cl3N5. The number of anilines is 1. The smallest absolute Gasteiger partial charge is 0.182 e. The number of rotatable bonds is 3. The fraction of sp³-hybridized carbons (Fsp3) is 0.0833. The molecule has 3 rings (SSSR count). The van der Waals surface area contributed by atoms with Crippen molar-refractivity contribution in [1.29, 1.82) is 0 Å². The molecule has 0 amide bonds. The van der Waals surface area contributed by atoms with Crippen LogP contribution in [-0.2, 0) is 6.54 Å². The molecule has 102 valence electrons. The zero-order valence-electron chi connectivity index (χ0n) is 9.99. The van der Waals surface area contributed by atoms with Crippen LogP contribution in [0, 0.1) is 0 Å². The zero-order chi connectivity index (χ0) is 14.1. The van der Waals surface area contributed by atoms with E-state index in [0.29, 0.717) is 33.1 Å². The van der Waals surface area contributed by atoms with Crippen LogP contribution in [0.2, 0.25) is 15.1 Å². The molecule has 0 unspecified atom stereocenters. The van der Waals surface area contributed by atoms with Gasteiger partial charge in [-0.3, -0.25) is 0 Å². The van der Waals surface area contributed by atoms with Gasteiger partial charge in [0.1, 0.15) is 11.8 Å². The minimum absolute atomic E-state index is 0.417. The van der Waals surface area contributed by atoms with E-state index in [9.17, 15) is 0 Å². The second-order valence-corrected chi connectivity index (χ2v) is 5.28. The third-order valence-corrected chi connectivity index (χ3v) is 3.65. The lowest BCUT2D eigenvalue weighted by molar-refractivity contribution is 1.10. The van der Waals surface area contributed by atoms with Crippen molar-refractivity contribution < 1.29 is 0 Å². The lowest BCUT2D eigenvalue weighted by Gasteiger charge is -2.10. The predicted octanol–water partition coefficient (Wildman–Crippen LogP) is 3.93. The minimum Gasteiger partial charge on any atom is -0.364 e. The highest BCUT2D eigenvalue weighted by molar-refractivity contribution is 6.39. The molecular weight excluding hydrogens is 321 g/mol. The standard InChI is InChI=1S/C12H8Cl3N5/c13-6-1-8(14)7(9(15)2-6)3-16-11-10-12(18-4-17-10)20-5-19-11/h1-2,4-5H,3H2,(H2,16,17,18,19,20). The van der Waals surface area contributed by atoms with E-state index in [1.807, 2.05) is 0 Å². The summed E-state index contributed by atoms with van der Waals surface area (Å²) in [6.07, 6.45) is 3.00. The molecule has 0 aliphatic rings. The van der Waals surface area contributed by atoms with Gasteiger partial charge in [0.05, 0.1) is 6.33 Å². The SMILES string of the molecule is Clc1cc(Cl)c(CNc2ncnc3nc[nH]c23)c(Cl)c1. The first-order chi connectivity index (χ1) is 9.65. The first kappa shape index (κ1) is 13.4. The number of imidazole rings is 1. The number of aromatic nitrogens is 4. The molecule has 0 aliphatic carbocycles. The monoisotopic (exact) mass is 327 g/mol. The Labute approximate surface area is 129 Å². The first-order valence-corrected chi connectivity index (χ1v) is 6.80. The molecule has 0 fully saturated rings. The lowest BCUT2D eigenvalue weighted by atomic mass is 10.2. The zero-order valence-corrected chi connectivity index (χ0v) is 12.3. The van der Waals surface area contributed by atoms with Crippen LogP contribution in [-0.4, -0.2) is 19.9 Å². The van der Waals surface area contributed by atoms with Gasteiger partial charge >= 0.3 is 0 Å². The molecule has 2 aromatic heterocycles. The van der Waals surface area contributed by atoms with Crippen LogP contribution < -0.4 is 5.32 Å². The van der Waals surface area contributed by atoms with Crippen LogP contribution in [0.15, 0.2) is 24.8 Å². The molecule has 0 atom stereocenters. The highest BCUT2D eigenvalue weighted by Crippen LogP contribution is 2.29. The molecule has 5 nitrogen and oxygen atoms in total. The highest BCUT2D eigenvalue weighted by Gasteiger charge is 2.10. The van der Waals surface area contributed by atoms with Crippen molar-refractivity contribution in [3.8, 4) is 0 Å². The van der Waals surface area contributed by atoms with Crippen LogP contribution in [0.3, 0.4) is 0 Å². The van der Waals surface area contributed by atoms with Gasteiger partial charge in [-0.2, -0.15) is 0 Å². The van der Waals surface area contributed by atoms with E-state index in [1.54, 1.807) is 18.5 Å². The number of hydrogen-bond acceptors (Lipinski definition) is 4. The number of nitrogens with zero attached hydrogens (tertiary/aromatic N) is 3. The molecule has 2 heterocycles. The fourth-order valence-corrected chi connectivity index (χ4v) is 2.76. The molecule has 2 N–H and O–H groups in total. The maximum atomic E-state index is 6.14. The Hall–Kier alpha value is -1.56. The molecule has 3 aromatic rings. The van der Waals surface area contributed by atoms with Gasteiger partial charge in [-0.25, -0.2) is 15.0 Å². The lowest BCUT2D eigenvalue weighted by Crippen LogP contribution is -2.04. The minimum atomic E-state index is 0.417. The van der Waals surface area contributed by atoms with Gasteiger partial charge in [-0.05, 0) is 12.1 Å².